The predicted octanol–water partition coefficient (Wildman–Crippen LogP) is 2.35. The van der Waals surface area contributed by atoms with E-state index in [-0.39, 0.29) is 11.4 Å². The highest BCUT2D eigenvalue weighted by atomic mass is 16.6. The predicted molar refractivity (Wildman–Crippen MR) is 71.2 cm³/mol. The highest BCUT2D eigenvalue weighted by Gasteiger charge is 2.11. The molecule has 4 N–H and O–H groups in total. The topological polar surface area (TPSA) is 95.2 Å². The molecule has 0 atom stereocenters. The Morgan fingerprint density at radius 3 is 2.22 bits per heavy atom. The summed E-state index contributed by atoms with van der Waals surface area (Å²) in [5, 5.41) is 10.8. The van der Waals surface area contributed by atoms with E-state index < -0.39 is 4.92 Å². The Bertz CT molecular complexity index is 579. The van der Waals surface area contributed by atoms with Crippen LogP contribution in [0, 0.1) is 10.1 Å². The molecule has 0 spiro atoms. The normalized spacial score (nSPS) is 10.2. The number of benzene rings is 2. The van der Waals surface area contributed by atoms with E-state index >= 15 is 0 Å². The van der Waals surface area contributed by atoms with Crippen LogP contribution in [0.5, 0.6) is 0 Å². The molecule has 0 heterocycles. The lowest BCUT2D eigenvalue weighted by Gasteiger charge is -2.04. The third-order valence-corrected chi connectivity index (χ3v) is 2.68. The van der Waals surface area contributed by atoms with Crippen LogP contribution in [0.4, 0.5) is 17.1 Å². The second kappa shape index (κ2) is 4.75. The number of nitrogen functional groups attached to an aromatic ring is 2. The van der Waals surface area contributed by atoms with Gasteiger partial charge in [-0.3, -0.25) is 10.1 Å². The number of nitro groups is 1. The molecule has 0 aliphatic heterocycles. The van der Waals surface area contributed by atoms with Gasteiger partial charge >= 0.3 is 0 Å². The van der Waals surface area contributed by atoms with E-state index in [1.54, 1.807) is 24.3 Å². The molecule has 0 bridgehead atoms. The average molecular weight is 243 g/mol. The van der Waals surface area contributed by atoms with Gasteiger partial charge in [0.1, 0.15) is 5.69 Å². The Hall–Kier alpha value is -2.56. The minimum absolute atomic E-state index is 0.0528. The van der Waals surface area contributed by atoms with E-state index in [9.17, 15) is 10.1 Å². The molecular formula is C13H13N3O2. The summed E-state index contributed by atoms with van der Waals surface area (Å²) in [6, 6.07) is 12.3. The molecule has 0 radical (unpaired) electrons. The second-order valence-electron chi connectivity index (χ2n) is 4.07. The molecule has 0 aliphatic carbocycles. The van der Waals surface area contributed by atoms with E-state index in [4.69, 9.17) is 11.5 Å². The van der Waals surface area contributed by atoms with Gasteiger partial charge in [-0.1, -0.05) is 18.2 Å². The van der Waals surface area contributed by atoms with Crippen molar-refractivity contribution in [2.24, 2.45) is 0 Å². The quantitative estimate of drug-likeness (QED) is 0.491. The number of anilines is 2. The van der Waals surface area contributed by atoms with Crippen molar-refractivity contribution in [1.82, 2.24) is 0 Å². The molecular weight excluding hydrogens is 230 g/mol. The Kier molecular flexibility index (Phi) is 3.14. The van der Waals surface area contributed by atoms with Crippen molar-refractivity contribution in [2.45, 2.75) is 6.42 Å². The van der Waals surface area contributed by atoms with Crippen LogP contribution in [0.25, 0.3) is 0 Å². The van der Waals surface area contributed by atoms with Gasteiger partial charge in [0.05, 0.1) is 4.92 Å². The first-order chi connectivity index (χ1) is 8.56. The molecule has 0 aromatic heterocycles. The van der Waals surface area contributed by atoms with Crippen molar-refractivity contribution in [1.29, 1.82) is 0 Å². The minimum Gasteiger partial charge on any atom is -0.399 e. The van der Waals surface area contributed by atoms with Gasteiger partial charge in [-0.05, 0) is 35.7 Å². The standard InChI is InChI=1S/C13H13N3O2/c14-11-4-1-9(2-5-11)7-10-3-6-12(15)13(8-10)16(17)18/h1-6,8H,7,14-15H2. The van der Waals surface area contributed by atoms with Crippen molar-refractivity contribution >= 4 is 17.1 Å². The van der Waals surface area contributed by atoms with Crippen LogP contribution in [0.1, 0.15) is 11.1 Å². The highest BCUT2D eigenvalue weighted by molar-refractivity contribution is 5.59. The van der Waals surface area contributed by atoms with Crippen LogP contribution in [0.15, 0.2) is 42.5 Å². The van der Waals surface area contributed by atoms with Crippen LogP contribution in [-0.2, 0) is 6.42 Å². The van der Waals surface area contributed by atoms with Gasteiger partial charge in [0.2, 0.25) is 0 Å². The average Bonchev–Trinajstić information content (AvgIpc) is 2.34. The lowest BCUT2D eigenvalue weighted by Crippen LogP contribution is -1.97. The molecule has 5 nitrogen and oxygen atoms in total. The van der Waals surface area contributed by atoms with Gasteiger partial charge in [-0.2, -0.15) is 0 Å². The molecule has 0 saturated carbocycles. The fraction of sp³-hybridized carbons (Fsp3) is 0.0769. The summed E-state index contributed by atoms with van der Waals surface area (Å²) in [5.41, 5.74) is 13.9. The summed E-state index contributed by atoms with van der Waals surface area (Å²) in [7, 11) is 0. The first-order valence-electron chi connectivity index (χ1n) is 5.43. The van der Waals surface area contributed by atoms with Crippen LogP contribution in [0.2, 0.25) is 0 Å². The molecule has 0 fully saturated rings. The summed E-state index contributed by atoms with van der Waals surface area (Å²) in [6.07, 6.45) is 0.612. The van der Waals surface area contributed by atoms with Crippen LogP contribution in [0.3, 0.4) is 0 Å². The number of hydrogen-bond donors (Lipinski definition) is 2. The maximum absolute atomic E-state index is 10.8. The Morgan fingerprint density at radius 1 is 1.00 bits per heavy atom. The summed E-state index contributed by atoms with van der Waals surface area (Å²) < 4.78 is 0. The number of nitrogens with two attached hydrogens (primary N) is 2. The molecule has 0 saturated heterocycles. The van der Waals surface area contributed by atoms with E-state index in [0.717, 1.165) is 11.1 Å². The summed E-state index contributed by atoms with van der Waals surface area (Å²) in [4.78, 5) is 10.3. The minimum atomic E-state index is -0.470. The van der Waals surface area contributed by atoms with Crippen molar-refractivity contribution in [3.8, 4) is 0 Å². The zero-order valence-corrected chi connectivity index (χ0v) is 9.67. The van der Waals surface area contributed by atoms with Crippen molar-refractivity contribution in [3.63, 3.8) is 0 Å². The smallest absolute Gasteiger partial charge is 0.292 e. The third kappa shape index (κ3) is 2.57. The molecule has 5 heteroatoms. The Morgan fingerprint density at radius 2 is 1.61 bits per heavy atom. The fourth-order valence-corrected chi connectivity index (χ4v) is 1.73. The molecule has 2 rings (SSSR count). The maximum Gasteiger partial charge on any atom is 0.292 e. The van der Waals surface area contributed by atoms with Crippen LogP contribution < -0.4 is 11.5 Å². The molecule has 92 valence electrons. The molecule has 0 amide bonds. The zero-order valence-electron chi connectivity index (χ0n) is 9.67. The van der Waals surface area contributed by atoms with Crippen molar-refractivity contribution < 1.29 is 4.92 Å². The molecule has 2 aromatic rings. The van der Waals surface area contributed by atoms with E-state index in [1.165, 1.54) is 6.07 Å². The van der Waals surface area contributed by atoms with E-state index in [2.05, 4.69) is 0 Å². The van der Waals surface area contributed by atoms with Gasteiger partial charge in [-0.25, -0.2) is 0 Å². The van der Waals surface area contributed by atoms with Gasteiger partial charge < -0.3 is 11.5 Å². The van der Waals surface area contributed by atoms with Crippen molar-refractivity contribution in [2.75, 3.05) is 11.5 Å². The van der Waals surface area contributed by atoms with Gasteiger partial charge in [0.15, 0.2) is 0 Å². The first kappa shape index (κ1) is 11.9. The number of rotatable bonds is 3. The van der Waals surface area contributed by atoms with Crippen molar-refractivity contribution in [3.05, 3.63) is 63.7 Å². The fourth-order valence-electron chi connectivity index (χ4n) is 1.73. The maximum atomic E-state index is 10.8. The largest absolute Gasteiger partial charge is 0.399 e. The van der Waals surface area contributed by atoms with Gasteiger partial charge in [0, 0.05) is 11.8 Å². The van der Waals surface area contributed by atoms with E-state index in [1.807, 2.05) is 12.1 Å². The first-order valence-corrected chi connectivity index (χ1v) is 5.43. The monoisotopic (exact) mass is 243 g/mol. The third-order valence-electron chi connectivity index (χ3n) is 2.68. The SMILES string of the molecule is Nc1ccc(Cc2ccc(N)c([N+](=O)[O-])c2)cc1. The van der Waals surface area contributed by atoms with Gasteiger partial charge in [0.25, 0.3) is 5.69 Å². The number of hydrogen-bond acceptors (Lipinski definition) is 4. The lowest BCUT2D eigenvalue weighted by atomic mass is 10.0. The van der Waals surface area contributed by atoms with E-state index in [0.29, 0.717) is 12.1 Å². The second-order valence-corrected chi connectivity index (χ2v) is 4.07. The van der Waals surface area contributed by atoms with Crippen LogP contribution in [-0.4, -0.2) is 4.92 Å². The number of nitrogens with zero attached hydrogens (tertiary/aromatic N) is 1. The molecule has 0 aliphatic rings. The Balaban J connectivity index is 2.27. The highest BCUT2D eigenvalue weighted by Crippen LogP contribution is 2.23. The number of nitro benzene ring substituents is 1. The van der Waals surface area contributed by atoms with Crippen LogP contribution >= 0.6 is 0 Å². The summed E-state index contributed by atoms with van der Waals surface area (Å²) >= 11 is 0. The summed E-state index contributed by atoms with van der Waals surface area (Å²) in [5.74, 6) is 0. The lowest BCUT2D eigenvalue weighted by molar-refractivity contribution is -0.383. The Labute approximate surface area is 104 Å². The molecule has 2 aromatic carbocycles. The van der Waals surface area contributed by atoms with Gasteiger partial charge in [-0.15, -0.1) is 0 Å². The summed E-state index contributed by atoms with van der Waals surface area (Å²) in [6.45, 7) is 0. The molecule has 18 heavy (non-hydrogen) atoms. The zero-order chi connectivity index (χ0) is 13.1. The molecule has 0 unspecified atom stereocenters.